The molecule has 6 heteroatoms. The Morgan fingerprint density at radius 3 is 1.24 bits per heavy atom. The number of benzene rings is 7. The predicted molar refractivity (Wildman–Crippen MR) is 226 cm³/mol. The van der Waals surface area contributed by atoms with E-state index in [0.717, 1.165) is 54.9 Å². The smallest absolute Gasteiger partial charge is 0.164 e. The second-order valence-electron chi connectivity index (χ2n) is 13.3. The molecular formula is C49H31N5S. The van der Waals surface area contributed by atoms with E-state index >= 15 is 0 Å². The first-order chi connectivity index (χ1) is 27.2. The molecule has 0 aliphatic rings. The normalized spacial score (nSPS) is 11.3. The van der Waals surface area contributed by atoms with Gasteiger partial charge >= 0.3 is 0 Å². The maximum atomic E-state index is 5.16. The van der Waals surface area contributed by atoms with E-state index in [-0.39, 0.29) is 0 Å². The van der Waals surface area contributed by atoms with Crippen LogP contribution in [0.4, 0.5) is 0 Å². The van der Waals surface area contributed by atoms with Crippen LogP contribution in [0.5, 0.6) is 0 Å². The summed E-state index contributed by atoms with van der Waals surface area (Å²) in [7, 11) is 0. The van der Waals surface area contributed by atoms with Crippen LogP contribution >= 0.6 is 11.3 Å². The van der Waals surface area contributed by atoms with Gasteiger partial charge in [-0.3, -0.25) is 0 Å². The Morgan fingerprint density at radius 2 is 0.655 bits per heavy atom. The molecule has 55 heavy (non-hydrogen) atoms. The summed E-state index contributed by atoms with van der Waals surface area (Å²) in [6.45, 7) is 0. The minimum atomic E-state index is 0.642. The van der Waals surface area contributed by atoms with Crippen molar-refractivity contribution in [1.29, 1.82) is 0 Å². The molecule has 0 aliphatic carbocycles. The lowest BCUT2D eigenvalue weighted by Crippen LogP contribution is -1.99. The number of rotatable bonds is 7. The van der Waals surface area contributed by atoms with Crippen LogP contribution in [0.2, 0.25) is 0 Å². The molecule has 3 heterocycles. The van der Waals surface area contributed by atoms with Crippen LogP contribution in [-0.2, 0) is 0 Å². The maximum Gasteiger partial charge on any atom is 0.164 e. The van der Waals surface area contributed by atoms with Crippen LogP contribution < -0.4 is 0 Å². The van der Waals surface area contributed by atoms with Crippen LogP contribution in [0.15, 0.2) is 188 Å². The lowest BCUT2D eigenvalue weighted by molar-refractivity contribution is 1.07. The van der Waals surface area contributed by atoms with E-state index in [0.29, 0.717) is 23.3 Å². The van der Waals surface area contributed by atoms with E-state index in [1.54, 1.807) is 11.3 Å². The van der Waals surface area contributed by atoms with Crippen LogP contribution in [0, 0.1) is 0 Å². The first-order valence-electron chi connectivity index (χ1n) is 18.2. The molecule has 10 aromatic rings. The van der Waals surface area contributed by atoms with Gasteiger partial charge in [0.15, 0.2) is 23.3 Å². The summed E-state index contributed by atoms with van der Waals surface area (Å²) in [4.78, 5) is 25.1. The predicted octanol–water partition coefficient (Wildman–Crippen LogP) is 12.7. The standard InChI is InChI=1S/C49H31N5S/c1-5-13-32(14-6-1)33-21-23-35(24-22-33)43-31-42(34-15-7-2-8-16-34)50-48(51-43)38-26-28-44-41(29-38)40-27-25-39(30-45(40)55-44)49-53-46(36-17-9-3-10-18-36)52-47(54-49)37-19-11-4-12-20-37/h1-31H. The second-order valence-corrected chi connectivity index (χ2v) is 14.4. The van der Waals surface area contributed by atoms with Crippen LogP contribution in [0.25, 0.3) is 99.4 Å². The molecule has 10 rings (SSSR count). The molecular weight excluding hydrogens is 691 g/mol. The highest BCUT2D eigenvalue weighted by molar-refractivity contribution is 7.25. The van der Waals surface area contributed by atoms with Gasteiger partial charge in [0, 0.05) is 53.6 Å². The van der Waals surface area contributed by atoms with E-state index in [1.807, 2.05) is 84.9 Å². The number of hydrogen-bond donors (Lipinski definition) is 0. The fraction of sp³-hybridized carbons (Fsp3) is 0. The molecule has 0 amide bonds. The molecule has 0 saturated carbocycles. The highest BCUT2D eigenvalue weighted by atomic mass is 32.1. The molecule has 0 saturated heterocycles. The minimum absolute atomic E-state index is 0.642. The molecule has 0 atom stereocenters. The molecule has 7 aromatic carbocycles. The monoisotopic (exact) mass is 721 g/mol. The van der Waals surface area contributed by atoms with Gasteiger partial charge in [-0.1, -0.05) is 158 Å². The molecule has 0 N–H and O–H groups in total. The molecule has 5 nitrogen and oxygen atoms in total. The van der Waals surface area contributed by atoms with Crippen molar-refractivity contribution in [3.63, 3.8) is 0 Å². The lowest BCUT2D eigenvalue weighted by Gasteiger charge is -2.10. The van der Waals surface area contributed by atoms with Gasteiger partial charge in [0.1, 0.15) is 0 Å². The van der Waals surface area contributed by atoms with E-state index < -0.39 is 0 Å². The summed E-state index contributed by atoms with van der Waals surface area (Å²) >= 11 is 1.76. The summed E-state index contributed by atoms with van der Waals surface area (Å²) in [5.41, 5.74) is 10.0. The van der Waals surface area contributed by atoms with Gasteiger partial charge in [-0.15, -0.1) is 11.3 Å². The van der Waals surface area contributed by atoms with Crippen LogP contribution in [0.3, 0.4) is 0 Å². The zero-order valence-corrected chi connectivity index (χ0v) is 30.4. The lowest BCUT2D eigenvalue weighted by atomic mass is 10.0. The zero-order chi connectivity index (χ0) is 36.6. The molecule has 0 bridgehead atoms. The SMILES string of the molecule is c1ccc(-c2ccc(-c3cc(-c4ccccc4)nc(-c4ccc5sc6cc(-c7nc(-c8ccccc8)nc(-c8ccccc8)n7)ccc6c5c4)n3)cc2)cc1. The summed E-state index contributed by atoms with van der Waals surface area (Å²) in [6.07, 6.45) is 0. The second kappa shape index (κ2) is 14.0. The van der Waals surface area contributed by atoms with Crippen LogP contribution in [0.1, 0.15) is 0 Å². The van der Waals surface area contributed by atoms with Gasteiger partial charge in [-0.25, -0.2) is 24.9 Å². The fourth-order valence-corrected chi connectivity index (χ4v) is 8.06. The summed E-state index contributed by atoms with van der Waals surface area (Å²) in [5, 5.41) is 2.33. The third-order valence-corrected chi connectivity index (χ3v) is 10.9. The molecule has 0 unspecified atom stereocenters. The first kappa shape index (κ1) is 32.5. The van der Waals surface area contributed by atoms with Crippen molar-refractivity contribution in [3.05, 3.63) is 188 Å². The molecule has 3 aromatic heterocycles. The number of nitrogens with zero attached hydrogens (tertiary/aromatic N) is 5. The van der Waals surface area contributed by atoms with Gasteiger partial charge in [0.2, 0.25) is 0 Å². The van der Waals surface area contributed by atoms with Crippen molar-refractivity contribution in [2.45, 2.75) is 0 Å². The number of hydrogen-bond acceptors (Lipinski definition) is 6. The Bertz CT molecular complexity index is 2890. The number of thiophene rings is 1. The topological polar surface area (TPSA) is 64.5 Å². The summed E-state index contributed by atoms with van der Waals surface area (Å²) < 4.78 is 2.35. The summed E-state index contributed by atoms with van der Waals surface area (Å²) in [5.74, 6) is 2.63. The first-order valence-corrected chi connectivity index (χ1v) is 19.0. The van der Waals surface area contributed by atoms with Crippen molar-refractivity contribution in [2.75, 3.05) is 0 Å². The van der Waals surface area contributed by atoms with Gasteiger partial charge < -0.3 is 0 Å². The number of aromatic nitrogens is 5. The van der Waals surface area contributed by atoms with Crippen molar-refractivity contribution in [3.8, 4) is 79.2 Å². The highest BCUT2D eigenvalue weighted by Crippen LogP contribution is 2.39. The number of fused-ring (bicyclic) bond motifs is 3. The van der Waals surface area contributed by atoms with Crippen molar-refractivity contribution in [2.24, 2.45) is 0 Å². The molecule has 0 fully saturated rings. The van der Waals surface area contributed by atoms with E-state index in [9.17, 15) is 0 Å². The summed E-state index contributed by atoms with van der Waals surface area (Å²) in [6, 6.07) is 64.7. The average molecular weight is 722 g/mol. The Labute approximate surface area is 322 Å². The zero-order valence-electron chi connectivity index (χ0n) is 29.5. The van der Waals surface area contributed by atoms with Crippen molar-refractivity contribution in [1.82, 2.24) is 24.9 Å². The fourth-order valence-electron chi connectivity index (χ4n) is 6.94. The quantitative estimate of drug-likeness (QED) is 0.164. The van der Waals surface area contributed by atoms with Crippen molar-refractivity contribution < 1.29 is 0 Å². The van der Waals surface area contributed by atoms with Gasteiger partial charge in [0.05, 0.1) is 11.4 Å². The van der Waals surface area contributed by atoms with Crippen molar-refractivity contribution >= 4 is 31.5 Å². The van der Waals surface area contributed by atoms with E-state index in [1.165, 1.54) is 21.2 Å². The van der Waals surface area contributed by atoms with E-state index in [2.05, 4.69) is 103 Å². The molecule has 0 spiro atoms. The van der Waals surface area contributed by atoms with Gasteiger partial charge in [-0.2, -0.15) is 0 Å². The molecule has 0 aliphatic heterocycles. The Morgan fingerprint density at radius 1 is 0.255 bits per heavy atom. The maximum absolute atomic E-state index is 5.16. The Kier molecular flexibility index (Phi) is 8.28. The average Bonchev–Trinajstić information content (AvgIpc) is 3.65. The minimum Gasteiger partial charge on any atom is -0.228 e. The largest absolute Gasteiger partial charge is 0.228 e. The highest BCUT2D eigenvalue weighted by Gasteiger charge is 2.16. The Hall–Kier alpha value is -7.15. The third kappa shape index (κ3) is 6.45. The third-order valence-electron chi connectivity index (χ3n) is 9.77. The molecule has 0 radical (unpaired) electrons. The molecule has 258 valence electrons. The van der Waals surface area contributed by atoms with Gasteiger partial charge in [0.25, 0.3) is 0 Å². The van der Waals surface area contributed by atoms with E-state index in [4.69, 9.17) is 24.9 Å². The Balaban J connectivity index is 1.05. The van der Waals surface area contributed by atoms with Gasteiger partial charge in [-0.05, 0) is 41.5 Å². The van der Waals surface area contributed by atoms with Crippen LogP contribution in [-0.4, -0.2) is 24.9 Å².